The maximum Gasteiger partial charge on any atom is 0.270 e. The molecule has 1 saturated carbocycles. The van der Waals surface area contributed by atoms with Gasteiger partial charge in [0.15, 0.2) is 0 Å². The van der Waals surface area contributed by atoms with Crippen molar-refractivity contribution in [2.45, 2.75) is 38.6 Å². The minimum absolute atomic E-state index is 0.0765. The standard InChI is InChI=1S/C11H15N3O/c1-8-12-7-6-10(13-8)11(15)14-9-4-2-3-5-9/h6-7,9H,2-5H2,1H3,(H,14,15). The molecule has 1 aliphatic rings. The molecule has 1 aromatic heterocycles. The number of carbonyl (C=O) groups is 1. The second-order valence-electron chi connectivity index (χ2n) is 3.94. The van der Waals surface area contributed by atoms with Crippen LogP contribution in [-0.2, 0) is 0 Å². The Balaban J connectivity index is 2.01. The van der Waals surface area contributed by atoms with Crippen LogP contribution in [0.15, 0.2) is 12.3 Å². The smallest absolute Gasteiger partial charge is 0.270 e. The Morgan fingerprint density at radius 2 is 2.20 bits per heavy atom. The minimum Gasteiger partial charge on any atom is -0.348 e. The van der Waals surface area contributed by atoms with E-state index in [2.05, 4.69) is 15.3 Å². The molecule has 1 amide bonds. The van der Waals surface area contributed by atoms with Crippen LogP contribution in [-0.4, -0.2) is 21.9 Å². The fourth-order valence-electron chi connectivity index (χ4n) is 1.91. The molecule has 0 saturated heterocycles. The average molecular weight is 205 g/mol. The molecular formula is C11H15N3O. The van der Waals surface area contributed by atoms with Crippen LogP contribution in [0, 0.1) is 6.92 Å². The third-order valence-corrected chi connectivity index (χ3v) is 2.70. The number of nitrogens with zero attached hydrogens (tertiary/aromatic N) is 2. The third kappa shape index (κ3) is 2.52. The van der Waals surface area contributed by atoms with Crippen molar-refractivity contribution in [2.24, 2.45) is 0 Å². The zero-order valence-electron chi connectivity index (χ0n) is 8.86. The van der Waals surface area contributed by atoms with Gasteiger partial charge in [-0.2, -0.15) is 0 Å². The Labute approximate surface area is 89.1 Å². The van der Waals surface area contributed by atoms with Crippen molar-refractivity contribution in [1.29, 1.82) is 0 Å². The van der Waals surface area contributed by atoms with Crippen LogP contribution in [0.2, 0.25) is 0 Å². The van der Waals surface area contributed by atoms with E-state index in [1.54, 1.807) is 19.2 Å². The molecule has 1 aromatic rings. The van der Waals surface area contributed by atoms with Crippen LogP contribution in [0.4, 0.5) is 0 Å². The van der Waals surface area contributed by atoms with Gasteiger partial charge in [0.1, 0.15) is 11.5 Å². The summed E-state index contributed by atoms with van der Waals surface area (Å²) in [6.07, 6.45) is 6.24. The number of hydrogen-bond acceptors (Lipinski definition) is 3. The van der Waals surface area contributed by atoms with Crippen molar-refractivity contribution in [3.05, 3.63) is 23.8 Å². The molecule has 0 spiro atoms. The van der Waals surface area contributed by atoms with E-state index in [4.69, 9.17) is 0 Å². The number of aromatic nitrogens is 2. The summed E-state index contributed by atoms with van der Waals surface area (Å²) in [7, 11) is 0. The summed E-state index contributed by atoms with van der Waals surface area (Å²) in [5.41, 5.74) is 0.467. The Kier molecular flexibility index (Phi) is 2.94. The summed E-state index contributed by atoms with van der Waals surface area (Å²) in [5.74, 6) is 0.557. The van der Waals surface area contributed by atoms with Gasteiger partial charge in [0.2, 0.25) is 0 Å². The fraction of sp³-hybridized carbons (Fsp3) is 0.545. The Morgan fingerprint density at radius 1 is 1.47 bits per heavy atom. The van der Waals surface area contributed by atoms with Crippen LogP contribution in [0.5, 0.6) is 0 Å². The molecule has 80 valence electrons. The largest absolute Gasteiger partial charge is 0.348 e. The topological polar surface area (TPSA) is 54.9 Å². The van der Waals surface area contributed by atoms with E-state index in [9.17, 15) is 4.79 Å². The SMILES string of the molecule is Cc1nccc(C(=O)NC2CCCC2)n1. The maximum absolute atomic E-state index is 11.8. The molecule has 15 heavy (non-hydrogen) atoms. The van der Waals surface area contributed by atoms with E-state index >= 15 is 0 Å². The third-order valence-electron chi connectivity index (χ3n) is 2.70. The van der Waals surface area contributed by atoms with Crippen LogP contribution in [0.1, 0.15) is 42.0 Å². The molecule has 0 bridgehead atoms. The van der Waals surface area contributed by atoms with Crippen LogP contribution >= 0.6 is 0 Å². The summed E-state index contributed by atoms with van der Waals surface area (Å²) in [6, 6.07) is 1.99. The number of amides is 1. The van der Waals surface area contributed by atoms with Crippen molar-refractivity contribution in [2.75, 3.05) is 0 Å². The van der Waals surface area contributed by atoms with Gasteiger partial charge in [0, 0.05) is 12.2 Å². The van der Waals surface area contributed by atoms with E-state index in [0.717, 1.165) is 12.8 Å². The van der Waals surface area contributed by atoms with Gasteiger partial charge in [-0.1, -0.05) is 12.8 Å². The highest BCUT2D eigenvalue weighted by Gasteiger charge is 2.18. The van der Waals surface area contributed by atoms with Gasteiger partial charge in [-0.15, -0.1) is 0 Å². The summed E-state index contributed by atoms with van der Waals surface area (Å²) >= 11 is 0. The van der Waals surface area contributed by atoms with Gasteiger partial charge >= 0.3 is 0 Å². The van der Waals surface area contributed by atoms with Gasteiger partial charge in [-0.25, -0.2) is 9.97 Å². The average Bonchev–Trinajstić information content (AvgIpc) is 2.70. The summed E-state index contributed by atoms with van der Waals surface area (Å²) < 4.78 is 0. The first-order valence-corrected chi connectivity index (χ1v) is 5.36. The molecule has 2 rings (SSSR count). The highest BCUT2D eigenvalue weighted by atomic mass is 16.1. The predicted octanol–water partition coefficient (Wildman–Crippen LogP) is 1.46. The normalized spacial score (nSPS) is 16.6. The monoisotopic (exact) mass is 205 g/mol. The molecule has 4 nitrogen and oxygen atoms in total. The Hall–Kier alpha value is -1.45. The second-order valence-corrected chi connectivity index (χ2v) is 3.94. The molecule has 0 aromatic carbocycles. The Bertz CT molecular complexity index is 359. The summed E-state index contributed by atoms with van der Waals surface area (Å²) in [4.78, 5) is 19.8. The lowest BCUT2D eigenvalue weighted by Crippen LogP contribution is -2.33. The second kappa shape index (κ2) is 4.38. The lowest BCUT2D eigenvalue weighted by molar-refractivity contribution is 0.0932. The fourth-order valence-corrected chi connectivity index (χ4v) is 1.91. The molecule has 1 aliphatic carbocycles. The molecule has 1 heterocycles. The van der Waals surface area contributed by atoms with Crippen LogP contribution < -0.4 is 5.32 Å². The molecule has 1 fully saturated rings. The molecule has 1 N–H and O–H groups in total. The van der Waals surface area contributed by atoms with Gasteiger partial charge in [0.25, 0.3) is 5.91 Å². The Morgan fingerprint density at radius 3 is 2.87 bits per heavy atom. The zero-order chi connectivity index (χ0) is 10.7. The first-order valence-electron chi connectivity index (χ1n) is 5.36. The van der Waals surface area contributed by atoms with Gasteiger partial charge in [-0.3, -0.25) is 4.79 Å². The maximum atomic E-state index is 11.8. The highest BCUT2D eigenvalue weighted by molar-refractivity contribution is 5.92. The zero-order valence-corrected chi connectivity index (χ0v) is 8.86. The first-order chi connectivity index (χ1) is 7.25. The first kappa shape index (κ1) is 10.1. The van der Waals surface area contributed by atoms with Gasteiger partial charge in [-0.05, 0) is 25.8 Å². The number of hydrogen-bond donors (Lipinski definition) is 1. The van der Waals surface area contributed by atoms with Crippen molar-refractivity contribution < 1.29 is 4.79 Å². The van der Waals surface area contributed by atoms with E-state index in [0.29, 0.717) is 17.6 Å². The van der Waals surface area contributed by atoms with Crippen molar-refractivity contribution >= 4 is 5.91 Å². The minimum atomic E-state index is -0.0765. The number of nitrogens with one attached hydrogen (secondary N) is 1. The summed E-state index contributed by atoms with van der Waals surface area (Å²) in [6.45, 7) is 1.78. The van der Waals surface area contributed by atoms with E-state index in [1.807, 2.05) is 0 Å². The van der Waals surface area contributed by atoms with Crippen LogP contribution in [0.25, 0.3) is 0 Å². The highest BCUT2D eigenvalue weighted by Crippen LogP contribution is 2.17. The van der Waals surface area contributed by atoms with Gasteiger partial charge < -0.3 is 5.32 Å². The van der Waals surface area contributed by atoms with Crippen molar-refractivity contribution in [1.82, 2.24) is 15.3 Å². The molecule has 4 heteroatoms. The van der Waals surface area contributed by atoms with Crippen molar-refractivity contribution in [3.8, 4) is 0 Å². The van der Waals surface area contributed by atoms with E-state index < -0.39 is 0 Å². The molecule has 0 aliphatic heterocycles. The quantitative estimate of drug-likeness (QED) is 0.795. The number of carbonyl (C=O) groups excluding carboxylic acids is 1. The molecular weight excluding hydrogens is 190 g/mol. The lowest BCUT2D eigenvalue weighted by Gasteiger charge is -2.11. The van der Waals surface area contributed by atoms with Crippen LogP contribution in [0.3, 0.4) is 0 Å². The summed E-state index contributed by atoms with van der Waals surface area (Å²) in [5, 5.41) is 2.99. The molecule has 0 radical (unpaired) electrons. The number of aryl methyl sites for hydroxylation is 1. The van der Waals surface area contributed by atoms with E-state index in [-0.39, 0.29) is 5.91 Å². The van der Waals surface area contributed by atoms with Gasteiger partial charge in [0.05, 0.1) is 0 Å². The van der Waals surface area contributed by atoms with Crippen molar-refractivity contribution in [3.63, 3.8) is 0 Å². The van der Waals surface area contributed by atoms with E-state index in [1.165, 1.54) is 12.8 Å². The molecule has 0 unspecified atom stereocenters. The lowest BCUT2D eigenvalue weighted by atomic mass is 10.2. The molecule has 0 atom stereocenters. The number of rotatable bonds is 2. The predicted molar refractivity (Wildman–Crippen MR) is 56.5 cm³/mol.